The van der Waals surface area contributed by atoms with E-state index in [0.29, 0.717) is 16.6 Å². The van der Waals surface area contributed by atoms with Crippen LogP contribution in [-0.4, -0.2) is 16.1 Å². The van der Waals surface area contributed by atoms with Crippen molar-refractivity contribution in [2.75, 3.05) is 6.54 Å². The number of aryl methyl sites for hydroxylation is 1. The van der Waals surface area contributed by atoms with Crippen molar-refractivity contribution in [2.24, 2.45) is 7.05 Å². The molecule has 0 aliphatic heterocycles. The fourth-order valence-corrected chi connectivity index (χ4v) is 2.47. The molecule has 1 heterocycles. The highest BCUT2D eigenvalue weighted by molar-refractivity contribution is 9.10. The normalized spacial score (nSPS) is 12.7. The first kappa shape index (κ1) is 14.5. The van der Waals surface area contributed by atoms with Gasteiger partial charge in [0.15, 0.2) is 0 Å². The molecule has 1 aromatic carbocycles. The van der Waals surface area contributed by atoms with Crippen molar-refractivity contribution in [2.45, 2.75) is 13.0 Å². The first-order chi connectivity index (χ1) is 9.06. The van der Waals surface area contributed by atoms with E-state index in [1.165, 1.54) is 0 Å². The van der Waals surface area contributed by atoms with Crippen LogP contribution in [-0.2, 0) is 7.05 Å². The summed E-state index contributed by atoms with van der Waals surface area (Å²) in [5, 5.41) is 3.35. The second kappa shape index (κ2) is 6.03. The van der Waals surface area contributed by atoms with Gasteiger partial charge in [0.25, 0.3) is 0 Å². The van der Waals surface area contributed by atoms with Crippen LogP contribution in [0.3, 0.4) is 0 Å². The number of aromatic nitrogens is 2. The van der Waals surface area contributed by atoms with Gasteiger partial charge in [-0.2, -0.15) is 0 Å². The molecule has 0 aliphatic carbocycles. The minimum Gasteiger partial charge on any atom is -0.336 e. The van der Waals surface area contributed by atoms with Crippen molar-refractivity contribution >= 4 is 27.5 Å². The van der Waals surface area contributed by atoms with E-state index in [-0.39, 0.29) is 11.1 Å². The van der Waals surface area contributed by atoms with Crippen LogP contribution in [0.5, 0.6) is 0 Å². The van der Waals surface area contributed by atoms with Crippen LogP contribution in [0.2, 0.25) is 5.02 Å². The van der Waals surface area contributed by atoms with Gasteiger partial charge in [-0.1, -0.05) is 24.6 Å². The largest absolute Gasteiger partial charge is 0.336 e. The lowest BCUT2D eigenvalue weighted by molar-refractivity contribution is 0.541. The molecule has 0 aliphatic rings. The molecule has 1 atom stereocenters. The van der Waals surface area contributed by atoms with E-state index < -0.39 is 5.82 Å². The number of benzene rings is 1. The third kappa shape index (κ3) is 2.83. The quantitative estimate of drug-likeness (QED) is 0.856. The lowest BCUT2D eigenvalue weighted by atomic mass is 10.0. The van der Waals surface area contributed by atoms with Crippen LogP contribution < -0.4 is 5.32 Å². The Bertz CT molecular complexity index is 585. The average Bonchev–Trinajstić information content (AvgIpc) is 2.80. The van der Waals surface area contributed by atoms with Gasteiger partial charge >= 0.3 is 0 Å². The minimum atomic E-state index is -0.414. The predicted octanol–water partition coefficient (Wildman–Crippen LogP) is 3.67. The molecular weight excluding hydrogens is 333 g/mol. The summed E-state index contributed by atoms with van der Waals surface area (Å²) in [6.07, 6.45) is 3.42. The SMILES string of the molecule is CCNC(c1ccc(Br)c(Cl)c1F)c1cncn1C. The van der Waals surface area contributed by atoms with Crippen molar-refractivity contribution in [3.63, 3.8) is 0 Å². The summed E-state index contributed by atoms with van der Waals surface area (Å²) in [5.41, 5.74) is 1.40. The highest BCUT2D eigenvalue weighted by Crippen LogP contribution is 2.32. The summed E-state index contributed by atoms with van der Waals surface area (Å²) in [6.45, 7) is 2.69. The Morgan fingerprint density at radius 3 is 2.84 bits per heavy atom. The van der Waals surface area contributed by atoms with Gasteiger partial charge in [0, 0.05) is 17.1 Å². The lowest BCUT2D eigenvalue weighted by Crippen LogP contribution is -2.25. The Hall–Kier alpha value is -0.910. The first-order valence-corrected chi connectivity index (χ1v) is 7.06. The summed E-state index contributed by atoms with van der Waals surface area (Å²) in [6, 6.07) is 3.20. The van der Waals surface area contributed by atoms with Crippen LogP contribution in [0.4, 0.5) is 4.39 Å². The van der Waals surface area contributed by atoms with E-state index in [1.54, 1.807) is 24.7 Å². The van der Waals surface area contributed by atoms with E-state index in [0.717, 1.165) is 5.69 Å². The maximum absolute atomic E-state index is 14.3. The van der Waals surface area contributed by atoms with E-state index in [9.17, 15) is 4.39 Å². The van der Waals surface area contributed by atoms with Gasteiger partial charge in [0.1, 0.15) is 5.82 Å². The highest BCUT2D eigenvalue weighted by atomic mass is 79.9. The number of nitrogens with zero attached hydrogens (tertiary/aromatic N) is 2. The third-order valence-electron chi connectivity index (χ3n) is 2.93. The Morgan fingerprint density at radius 1 is 1.53 bits per heavy atom. The maximum atomic E-state index is 14.3. The molecule has 6 heteroatoms. The number of halogens is 3. The van der Waals surface area contributed by atoms with Gasteiger partial charge < -0.3 is 9.88 Å². The molecular formula is C13H14BrClFN3. The van der Waals surface area contributed by atoms with Crippen LogP contribution >= 0.6 is 27.5 Å². The van der Waals surface area contributed by atoms with Gasteiger partial charge in [0.2, 0.25) is 0 Å². The van der Waals surface area contributed by atoms with Crippen LogP contribution in [0.25, 0.3) is 0 Å². The summed E-state index contributed by atoms with van der Waals surface area (Å²) in [4.78, 5) is 4.08. The molecule has 1 N–H and O–H groups in total. The van der Waals surface area contributed by atoms with Gasteiger partial charge in [-0.05, 0) is 28.5 Å². The summed E-state index contributed by atoms with van der Waals surface area (Å²) in [5.74, 6) is -0.414. The molecule has 0 spiro atoms. The fourth-order valence-electron chi connectivity index (χ4n) is 1.99. The zero-order valence-corrected chi connectivity index (χ0v) is 13.0. The zero-order valence-electron chi connectivity index (χ0n) is 10.6. The van der Waals surface area contributed by atoms with E-state index >= 15 is 0 Å². The van der Waals surface area contributed by atoms with Crippen molar-refractivity contribution in [1.82, 2.24) is 14.9 Å². The molecule has 0 fully saturated rings. The standard InChI is InChI=1S/C13H14BrClFN3/c1-3-18-13(10-6-17-7-19(10)2)8-4-5-9(14)11(15)12(8)16/h4-7,13,18H,3H2,1-2H3. The predicted molar refractivity (Wildman–Crippen MR) is 77.8 cm³/mol. The summed E-state index contributed by atoms with van der Waals surface area (Å²) in [7, 11) is 1.88. The molecule has 0 saturated carbocycles. The van der Waals surface area contributed by atoms with Gasteiger partial charge in [0.05, 0.1) is 29.3 Å². The molecule has 0 amide bonds. The Labute approximate surface area is 124 Å². The molecule has 2 rings (SSSR count). The number of nitrogens with one attached hydrogen (secondary N) is 1. The topological polar surface area (TPSA) is 29.9 Å². The van der Waals surface area contributed by atoms with Crippen molar-refractivity contribution in [3.05, 3.63) is 51.2 Å². The van der Waals surface area contributed by atoms with Crippen LogP contribution in [0.15, 0.2) is 29.1 Å². The monoisotopic (exact) mass is 345 g/mol. The van der Waals surface area contributed by atoms with Crippen molar-refractivity contribution in [3.8, 4) is 0 Å². The second-order valence-corrected chi connectivity index (χ2v) is 5.42. The first-order valence-electron chi connectivity index (χ1n) is 5.89. The summed E-state index contributed by atoms with van der Waals surface area (Å²) >= 11 is 9.18. The molecule has 2 aromatic rings. The number of hydrogen-bond donors (Lipinski definition) is 1. The number of rotatable bonds is 4. The smallest absolute Gasteiger partial charge is 0.148 e. The zero-order chi connectivity index (χ0) is 14.0. The van der Waals surface area contributed by atoms with Crippen LogP contribution in [0.1, 0.15) is 24.2 Å². The minimum absolute atomic E-state index is 0.0996. The molecule has 0 bridgehead atoms. The molecule has 1 unspecified atom stereocenters. The fraction of sp³-hybridized carbons (Fsp3) is 0.308. The number of imidazole rings is 1. The Balaban J connectivity index is 2.52. The van der Waals surface area contributed by atoms with Crippen molar-refractivity contribution in [1.29, 1.82) is 0 Å². The molecule has 102 valence electrons. The molecule has 3 nitrogen and oxygen atoms in total. The molecule has 0 radical (unpaired) electrons. The summed E-state index contributed by atoms with van der Waals surface area (Å²) < 4.78 is 16.7. The molecule has 1 aromatic heterocycles. The second-order valence-electron chi connectivity index (χ2n) is 4.18. The van der Waals surface area contributed by atoms with E-state index in [1.807, 2.05) is 18.5 Å². The average molecular weight is 347 g/mol. The van der Waals surface area contributed by atoms with E-state index in [4.69, 9.17) is 11.6 Å². The van der Waals surface area contributed by atoms with E-state index in [2.05, 4.69) is 26.2 Å². The van der Waals surface area contributed by atoms with Crippen molar-refractivity contribution < 1.29 is 4.39 Å². The Kier molecular flexibility index (Phi) is 4.60. The van der Waals surface area contributed by atoms with Gasteiger partial charge in [-0.25, -0.2) is 9.37 Å². The lowest BCUT2D eigenvalue weighted by Gasteiger charge is -2.20. The van der Waals surface area contributed by atoms with Crippen LogP contribution in [0, 0.1) is 5.82 Å². The molecule has 19 heavy (non-hydrogen) atoms. The maximum Gasteiger partial charge on any atom is 0.148 e. The highest BCUT2D eigenvalue weighted by Gasteiger charge is 2.22. The number of hydrogen-bond acceptors (Lipinski definition) is 2. The third-order valence-corrected chi connectivity index (χ3v) is 4.19. The van der Waals surface area contributed by atoms with Gasteiger partial charge in [-0.15, -0.1) is 0 Å². The molecule has 0 saturated heterocycles. The Morgan fingerprint density at radius 2 is 2.26 bits per heavy atom. The van der Waals surface area contributed by atoms with Gasteiger partial charge in [-0.3, -0.25) is 0 Å².